The number of carbonyl (C=O) groups excluding carboxylic acids is 1. The third-order valence-corrected chi connectivity index (χ3v) is 2.75. The maximum atomic E-state index is 12.4. The molecular weight excluding hydrogens is 273 g/mol. The largest absolute Gasteiger partial charge is 0.406 e. The van der Waals surface area contributed by atoms with Gasteiger partial charge in [-0.3, -0.25) is 9.59 Å². The lowest BCUT2D eigenvalue weighted by Gasteiger charge is -2.28. The van der Waals surface area contributed by atoms with Crippen LogP contribution in [0.5, 0.6) is 0 Å². The highest BCUT2D eigenvalue weighted by Gasteiger charge is 2.34. The van der Waals surface area contributed by atoms with Gasteiger partial charge < -0.3 is 9.47 Å². The van der Waals surface area contributed by atoms with E-state index in [2.05, 4.69) is 0 Å². The molecule has 0 aliphatic heterocycles. The van der Waals surface area contributed by atoms with E-state index in [9.17, 15) is 22.8 Å². The van der Waals surface area contributed by atoms with Gasteiger partial charge in [-0.15, -0.1) is 0 Å². The van der Waals surface area contributed by atoms with Crippen LogP contribution < -0.4 is 5.56 Å². The smallest absolute Gasteiger partial charge is 0.330 e. The number of hydrogen-bond donors (Lipinski definition) is 0. The van der Waals surface area contributed by atoms with E-state index in [1.807, 2.05) is 0 Å². The van der Waals surface area contributed by atoms with Crippen LogP contribution in [-0.4, -0.2) is 34.1 Å². The number of rotatable bonds is 4. The Bertz CT molecular complexity index is 535. The van der Waals surface area contributed by atoms with Crippen LogP contribution in [0.25, 0.3) is 0 Å². The van der Waals surface area contributed by atoms with Gasteiger partial charge in [0.05, 0.1) is 0 Å². The fraction of sp³-hybridized carbons (Fsp3) is 0.538. The Morgan fingerprint density at radius 1 is 1.40 bits per heavy atom. The zero-order valence-electron chi connectivity index (χ0n) is 11.6. The first-order valence-electron chi connectivity index (χ1n) is 6.13. The number of alkyl halides is 3. The van der Waals surface area contributed by atoms with Gasteiger partial charge in [-0.1, -0.05) is 0 Å². The molecule has 1 heterocycles. The first-order valence-corrected chi connectivity index (χ1v) is 6.13. The van der Waals surface area contributed by atoms with Crippen molar-refractivity contribution in [3.8, 4) is 0 Å². The Labute approximate surface area is 114 Å². The number of carbonyl (C=O) groups is 1. The van der Waals surface area contributed by atoms with Crippen molar-refractivity contribution >= 4 is 5.91 Å². The molecule has 112 valence electrons. The van der Waals surface area contributed by atoms with Crippen LogP contribution in [0.4, 0.5) is 13.2 Å². The van der Waals surface area contributed by atoms with Crippen LogP contribution in [-0.2, 0) is 11.3 Å². The number of pyridine rings is 1. The maximum Gasteiger partial charge on any atom is 0.406 e. The van der Waals surface area contributed by atoms with E-state index in [0.717, 1.165) is 10.1 Å². The Kier molecular flexibility index (Phi) is 4.97. The molecule has 0 saturated heterocycles. The summed E-state index contributed by atoms with van der Waals surface area (Å²) in [6, 6.07) is 2.36. The van der Waals surface area contributed by atoms with Gasteiger partial charge in [-0.25, -0.2) is 0 Å². The molecule has 20 heavy (non-hydrogen) atoms. The molecule has 0 unspecified atom stereocenters. The summed E-state index contributed by atoms with van der Waals surface area (Å²) in [5, 5.41) is 0. The minimum atomic E-state index is -4.46. The molecule has 0 atom stereocenters. The van der Waals surface area contributed by atoms with Crippen LogP contribution >= 0.6 is 0 Å². The molecule has 7 heteroatoms. The second-order valence-corrected chi connectivity index (χ2v) is 4.90. The van der Waals surface area contributed by atoms with Crippen molar-refractivity contribution < 1.29 is 18.0 Å². The average molecular weight is 290 g/mol. The van der Waals surface area contributed by atoms with Crippen molar-refractivity contribution in [2.75, 3.05) is 6.54 Å². The normalized spacial score (nSPS) is 11.8. The average Bonchev–Trinajstić information content (AvgIpc) is 2.28. The van der Waals surface area contributed by atoms with Crippen molar-refractivity contribution in [1.29, 1.82) is 0 Å². The number of halogens is 3. The van der Waals surface area contributed by atoms with Gasteiger partial charge in [0.15, 0.2) is 0 Å². The van der Waals surface area contributed by atoms with Crippen LogP contribution in [0.15, 0.2) is 23.1 Å². The molecule has 0 aliphatic rings. The summed E-state index contributed by atoms with van der Waals surface area (Å²) < 4.78 is 38.4. The molecule has 0 saturated carbocycles. The third-order valence-electron chi connectivity index (χ3n) is 2.75. The summed E-state index contributed by atoms with van der Waals surface area (Å²) in [4.78, 5) is 24.3. The molecule has 1 rings (SSSR count). The summed E-state index contributed by atoms with van der Waals surface area (Å²) >= 11 is 0. The van der Waals surface area contributed by atoms with Crippen molar-refractivity contribution in [2.45, 2.75) is 39.5 Å². The molecular formula is C13H17F3N2O2. The minimum Gasteiger partial charge on any atom is -0.330 e. The highest BCUT2D eigenvalue weighted by atomic mass is 19.4. The maximum absolute atomic E-state index is 12.4. The van der Waals surface area contributed by atoms with Crippen molar-refractivity contribution in [3.63, 3.8) is 0 Å². The summed E-state index contributed by atoms with van der Waals surface area (Å²) in [5.74, 6) is -0.733. The van der Waals surface area contributed by atoms with Gasteiger partial charge >= 0.3 is 6.18 Å². The molecule has 0 aromatic carbocycles. The number of aromatic nitrogens is 1. The summed E-state index contributed by atoms with van der Waals surface area (Å²) in [6.45, 7) is 3.01. The SMILES string of the molecule is Cc1ccn(CC(=O)N(CC(F)(F)F)C(C)C)c(=O)c1. The third kappa shape index (κ3) is 4.71. The lowest BCUT2D eigenvalue weighted by Crippen LogP contribution is -2.45. The highest BCUT2D eigenvalue weighted by molar-refractivity contribution is 5.76. The van der Waals surface area contributed by atoms with E-state index in [1.54, 1.807) is 13.0 Å². The molecule has 1 aromatic heterocycles. The van der Waals surface area contributed by atoms with Crippen molar-refractivity contribution in [3.05, 3.63) is 34.2 Å². The van der Waals surface area contributed by atoms with E-state index in [1.165, 1.54) is 26.1 Å². The van der Waals surface area contributed by atoms with E-state index in [-0.39, 0.29) is 0 Å². The van der Waals surface area contributed by atoms with Gasteiger partial charge in [0.25, 0.3) is 5.56 Å². The van der Waals surface area contributed by atoms with Crippen LogP contribution in [0, 0.1) is 6.92 Å². The predicted octanol–water partition coefficient (Wildman–Crippen LogP) is 1.96. The standard InChI is InChI=1S/C13H17F3N2O2/c1-9(2)18(8-13(14,15)16)12(20)7-17-5-4-10(3)6-11(17)19/h4-6,9H,7-8H2,1-3H3. The number of nitrogens with zero attached hydrogens (tertiary/aromatic N) is 2. The van der Waals surface area contributed by atoms with Crippen LogP contribution in [0.1, 0.15) is 19.4 Å². The molecule has 0 aliphatic carbocycles. The summed E-state index contributed by atoms with van der Waals surface area (Å²) in [6.07, 6.45) is -3.06. The van der Waals surface area contributed by atoms with Gasteiger partial charge in [0.2, 0.25) is 5.91 Å². The lowest BCUT2D eigenvalue weighted by molar-refractivity contribution is -0.165. The Balaban J connectivity index is 2.89. The summed E-state index contributed by atoms with van der Waals surface area (Å²) in [7, 11) is 0. The molecule has 0 N–H and O–H groups in total. The topological polar surface area (TPSA) is 42.3 Å². The highest BCUT2D eigenvalue weighted by Crippen LogP contribution is 2.18. The van der Waals surface area contributed by atoms with Crippen LogP contribution in [0.2, 0.25) is 0 Å². The lowest BCUT2D eigenvalue weighted by atomic mass is 10.3. The minimum absolute atomic E-state index is 0.395. The Morgan fingerprint density at radius 2 is 2.00 bits per heavy atom. The van der Waals surface area contributed by atoms with Gasteiger partial charge in [0, 0.05) is 18.3 Å². The molecule has 0 spiro atoms. The second-order valence-electron chi connectivity index (χ2n) is 4.90. The molecule has 4 nitrogen and oxygen atoms in total. The van der Waals surface area contributed by atoms with Crippen molar-refractivity contribution in [1.82, 2.24) is 9.47 Å². The second kappa shape index (κ2) is 6.11. The molecule has 0 bridgehead atoms. The molecule has 1 aromatic rings. The fourth-order valence-corrected chi connectivity index (χ4v) is 1.73. The predicted molar refractivity (Wildman–Crippen MR) is 68.3 cm³/mol. The van der Waals surface area contributed by atoms with Gasteiger partial charge in [0.1, 0.15) is 13.1 Å². The monoisotopic (exact) mass is 290 g/mol. The van der Waals surface area contributed by atoms with Crippen molar-refractivity contribution in [2.24, 2.45) is 0 Å². The van der Waals surface area contributed by atoms with Crippen LogP contribution in [0.3, 0.4) is 0 Å². The first-order chi connectivity index (χ1) is 9.10. The molecule has 1 amide bonds. The quantitative estimate of drug-likeness (QED) is 0.850. The van der Waals surface area contributed by atoms with E-state index < -0.39 is 36.8 Å². The Morgan fingerprint density at radius 3 is 2.45 bits per heavy atom. The zero-order valence-corrected chi connectivity index (χ0v) is 11.6. The fourth-order valence-electron chi connectivity index (χ4n) is 1.73. The van der Waals surface area contributed by atoms with Gasteiger partial charge in [-0.2, -0.15) is 13.2 Å². The Hall–Kier alpha value is -1.79. The number of amides is 1. The van der Waals surface area contributed by atoms with E-state index in [4.69, 9.17) is 0 Å². The van der Waals surface area contributed by atoms with E-state index in [0.29, 0.717) is 4.90 Å². The molecule has 0 radical (unpaired) electrons. The summed E-state index contributed by atoms with van der Waals surface area (Å²) in [5.41, 5.74) is 0.323. The number of aryl methyl sites for hydroxylation is 1. The van der Waals surface area contributed by atoms with E-state index >= 15 is 0 Å². The molecule has 0 fully saturated rings. The van der Waals surface area contributed by atoms with Gasteiger partial charge in [-0.05, 0) is 32.4 Å². The first kappa shape index (κ1) is 16.3. The number of hydrogen-bond acceptors (Lipinski definition) is 2. The zero-order chi connectivity index (χ0) is 15.5.